The summed E-state index contributed by atoms with van der Waals surface area (Å²) >= 11 is 0. The van der Waals surface area contributed by atoms with Crippen molar-refractivity contribution in [1.82, 2.24) is 30.5 Å². The van der Waals surface area contributed by atoms with Crippen LogP contribution >= 0.6 is 10.0 Å². The average Bonchev–Trinajstić information content (AvgIpc) is 1.57. The van der Waals surface area contributed by atoms with E-state index in [0.29, 0.717) is 95.6 Å². The lowest BCUT2D eigenvalue weighted by Crippen LogP contribution is -2.43. The van der Waals surface area contributed by atoms with Crippen LogP contribution in [0.1, 0.15) is 81.2 Å². The minimum atomic E-state index is -1.38. The van der Waals surface area contributed by atoms with E-state index in [2.05, 4.69) is 192 Å². The molecule has 0 aromatic heterocycles. The maximum atomic E-state index is 16.2. The second-order valence-corrected chi connectivity index (χ2v) is 29.1. The molecule has 0 amide bonds. The van der Waals surface area contributed by atoms with Gasteiger partial charge in [-0.1, -0.05) is 107 Å². The maximum absolute atomic E-state index is 16.2. The molecule has 0 saturated heterocycles. The Bertz CT molecular complexity index is 3740. The van der Waals surface area contributed by atoms with Gasteiger partial charge in [0.25, 0.3) is 0 Å². The van der Waals surface area contributed by atoms with Crippen LogP contribution in [0.3, 0.4) is 0 Å². The second kappa shape index (κ2) is 36.0. The van der Waals surface area contributed by atoms with Gasteiger partial charge in [0, 0.05) is 170 Å². The van der Waals surface area contributed by atoms with Crippen LogP contribution in [0, 0.1) is 11.6 Å². The molecule has 2 unspecified atom stereocenters. The van der Waals surface area contributed by atoms with Crippen molar-refractivity contribution >= 4 is 15.7 Å². The highest BCUT2D eigenvalue weighted by Gasteiger charge is 2.38. The Labute approximate surface area is 567 Å². The van der Waals surface area contributed by atoms with E-state index >= 15 is 8.78 Å². The number of fused-ring (bicyclic) bond motifs is 3. The predicted molar refractivity (Wildman–Crippen MR) is 400 cm³/mol. The van der Waals surface area contributed by atoms with Gasteiger partial charge < -0.3 is 39.7 Å². The van der Waals surface area contributed by atoms with Crippen molar-refractivity contribution < 1.29 is 8.78 Å². The summed E-state index contributed by atoms with van der Waals surface area (Å²) in [6.45, 7) is 25.6. The van der Waals surface area contributed by atoms with Crippen molar-refractivity contribution in [2.45, 2.75) is 89.3 Å². The predicted octanol–water partition coefficient (Wildman–Crippen LogP) is 12.6. The van der Waals surface area contributed by atoms with E-state index in [1.165, 1.54) is 59.9 Å². The van der Waals surface area contributed by atoms with E-state index < -0.39 is 10.0 Å². The summed E-state index contributed by atoms with van der Waals surface area (Å²) in [7, 11) is -1.38. The van der Waals surface area contributed by atoms with Gasteiger partial charge >= 0.3 is 0 Å². The lowest BCUT2D eigenvalue weighted by molar-refractivity contribution is 0.252. The number of hydrogen-bond donors (Lipinski definition) is 9. The normalized spacial score (nSPS) is 14.7. The molecule has 508 valence electrons. The Morgan fingerprint density at radius 2 is 0.800 bits per heavy atom. The monoisotopic (exact) mass is 1310 g/mol. The fourth-order valence-electron chi connectivity index (χ4n) is 13.8. The van der Waals surface area contributed by atoms with Crippen LogP contribution in [-0.2, 0) is 26.2 Å². The first-order valence-electron chi connectivity index (χ1n) is 34.8. The molecule has 13 nitrogen and oxygen atoms in total. The SMILES string of the molecule is CCCS1(CC)c2ccc(-c3cc(CN(CCN)CCN)ccc3F)cc2-c2cc(-c3cc(CN(CCN)CCNNCCN(CCN)Cc4cccc(-c5ccc(NCC)c(-c6cc(-c7cccc(CN(CCN)CCN)c7)ccc6C(C)CC)c5)c4)ccc3F)ccc21. The zero-order valence-electron chi connectivity index (χ0n) is 57.2. The minimum Gasteiger partial charge on any atom is -0.385 e. The van der Waals surface area contributed by atoms with Crippen LogP contribution in [0.15, 0.2) is 168 Å². The number of benzene rings is 8. The lowest BCUT2D eigenvalue weighted by atomic mass is 9.86. The Morgan fingerprint density at radius 3 is 1.22 bits per heavy atom. The van der Waals surface area contributed by atoms with Gasteiger partial charge in [-0.3, -0.25) is 30.5 Å². The van der Waals surface area contributed by atoms with Gasteiger partial charge in [-0.25, -0.2) is 8.78 Å². The molecule has 8 aromatic rings. The molecular weight excluding hydrogens is 1200 g/mol. The molecule has 2 atom stereocenters. The molecular formula is C79H107F2N13S. The van der Waals surface area contributed by atoms with E-state index in [1.807, 2.05) is 24.3 Å². The molecule has 1 aliphatic heterocycles. The van der Waals surface area contributed by atoms with Crippen LogP contribution in [-0.4, -0.2) is 142 Å². The third kappa shape index (κ3) is 18.3. The topological polar surface area (TPSA) is 205 Å². The van der Waals surface area contributed by atoms with Crippen LogP contribution < -0.4 is 50.6 Å². The summed E-state index contributed by atoms with van der Waals surface area (Å²) in [5.41, 5.74) is 62.4. The fourth-order valence-corrected chi connectivity index (χ4v) is 18.0. The summed E-state index contributed by atoms with van der Waals surface area (Å²) < 4.78 is 32.1. The Hall–Kier alpha value is -6.71. The van der Waals surface area contributed by atoms with Crippen molar-refractivity contribution in [2.75, 3.05) is 128 Å². The number of anilines is 1. The highest BCUT2D eigenvalue weighted by atomic mass is 32.3. The highest BCUT2D eigenvalue weighted by Crippen LogP contribution is 2.72. The summed E-state index contributed by atoms with van der Waals surface area (Å²) in [4.78, 5) is 11.9. The van der Waals surface area contributed by atoms with Gasteiger partial charge in [0.15, 0.2) is 0 Å². The first-order valence-corrected chi connectivity index (χ1v) is 36.7. The van der Waals surface area contributed by atoms with E-state index in [0.717, 1.165) is 122 Å². The summed E-state index contributed by atoms with van der Waals surface area (Å²) in [6, 6.07) is 55.6. The molecule has 0 fully saturated rings. The van der Waals surface area contributed by atoms with E-state index in [1.54, 1.807) is 12.1 Å². The molecule has 15 N–H and O–H groups in total. The second-order valence-electron chi connectivity index (χ2n) is 25.4. The smallest absolute Gasteiger partial charge is 0.131 e. The van der Waals surface area contributed by atoms with Crippen molar-refractivity contribution in [3.05, 3.63) is 197 Å². The number of nitrogens with one attached hydrogen (secondary N) is 3. The number of nitrogens with two attached hydrogens (primary N) is 6. The number of halogens is 2. The van der Waals surface area contributed by atoms with E-state index in [-0.39, 0.29) is 11.6 Å². The number of hydrazine groups is 1. The van der Waals surface area contributed by atoms with Gasteiger partial charge in [-0.05, 0) is 194 Å². The molecule has 0 aliphatic carbocycles. The number of rotatable bonds is 39. The quantitative estimate of drug-likeness (QED) is 0.0130. The third-order valence-electron chi connectivity index (χ3n) is 18.7. The third-order valence-corrected chi connectivity index (χ3v) is 23.2. The molecule has 0 radical (unpaired) electrons. The first kappa shape index (κ1) is 72.6. The van der Waals surface area contributed by atoms with Gasteiger partial charge in [-0.2, -0.15) is 10.0 Å². The molecule has 16 heteroatoms. The molecule has 1 aliphatic rings. The van der Waals surface area contributed by atoms with Crippen LogP contribution in [0.25, 0.3) is 66.8 Å². The first-order chi connectivity index (χ1) is 46.3. The number of nitrogens with zero attached hydrogens (tertiary/aromatic N) is 4. The molecule has 1 heterocycles. The Kier molecular flexibility index (Phi) is 27.5. The van der Waals surface area contributed by atoms with Gasteiger partial charge in [0.05, 0.1) is 0 Å². The Morgan fingerprint density at radius 1 is 0.400 bits per heavy atom. The summed E-state index contributed by atoms with van der Waals surface area (Å²) in [5.74, 6) is 1.88. The molecule has 0 saturated carbocycles. The van der Waals surface area contributed by atoms with Crippen LogP contribution in [0.5, 0.6) is 0 Å². The van der Waals surface area contributed by atoms with Crippen LogP contribution in [0.4, 0.5) is 14.5 Å². The van der Waals surface area contributed by atoms with Crippen molar-refractivity contribution in [3.8, 4) is 66.8 Å². The number of hydrogen-bond acceptors (Lipinski definition) is 13. The van der Waals surface area contributed by atoms with Gasteiger partial charge in [0.2, 0.25) is 0 Å². The fraction of sp³-hybridized carbons (Fsp3) is 0.392. The van der Waals surface area contributed by atoms with Crippen molar-refractivity contribution in [3.63, 3.8) is 0 Å². The zero-order valence-corrected chi connectivity index (χ0v) is 58.0. The zero-order chi connectivity index (χ0) is 67.3. The highest BCUT2D eigenvalue weighted by molar-refractivity contribution is 8.34. The molecule has 95 heavy (non-hydrogen) atoms. The molecule has 9 rings (SSSR count). The standard InChI is InChI=1S/C79H107F2N13S/c1-6-44-95(9-4)78-26-20-66(69-47-60(16-23-75(69)80)55-92(38-30-84)39-31-85)51-73(78)74-52-67(21-27-79(74)95)70-48-61(17-24-76(70)81)56-94(41-33-87)43-35-90-89-34-42-93(40-32-86)54-59-13-11-15-63(46-59)65-19-25-77(88-8-3)72(50-65)71-49-64(18-22-68(71)57(5)7-2)62-14-10-12-58(45-62)53-91(36-28-82)37-29-83/h10-27,45-52,57,88-90H,6-9,28-44,53-56,82-87H2,1-5H3. The lowest BCUT2D eigenvalue weighted by Gasteiger charge is -2.37. The molecule has 0 spiro atoms. The summed E-state index contributed by atoms with van der Waals surface area (Å²) in [5, 5.41) is 3.71. The summed E-state index contributed by atoms with van der Waals surface area (Å²) in [6.07, 6.45) is 2.07. The van der Waals surface area contributed by atoms with E-state index in [4.69, 9.17) is 34.4 Å². The van der Waals surface area contributed by atoms with Crippen LogP contribution in [0.2, 0.25) is 0 Å². The largest absolute Gasteiger partial charge is 0.385 e. The van der Waals surface area contributed by atoms with E-state index in [9.17, 15) is 0 Å². The average molecular weight is 1310 g/mol. The maximum Gasteiger partial charge on any atom is 0.131 e. The van der Waals surface area contributed by atoms with Crippen molar-refractivity contribution in [2.24, 2.45) is 34.4 Å². The Balaban J connectivity index is 0.850. The minimum absolute atomic E-state index is 0.265. The molecule has 8 aromatic carbocycles. The molecule has 0 bridgehead atoms. The van der Waals surface area contributed by atoms with Gasteiger partial charge in [0.1, 0.15) is 11.6 Å². The van der Waals surface area contributed by atoms with Gasteiger partial charge in [-0.15, -0.1) is 0 Å². The van der Waals surface area contributed by atoms with Crippen molar-refractivity contribution in [1.29, 1.82) is 0 Å².